The monoisotopic (exact) mass is 276 g/mol. The molecular weight excluding hydrogens is 260 g/mol. The summed E-state index contributed by atoms with van der Waals surface area (Å²) in [6.07, 6.45) is 0. The van der Waals surface area contributed by atoms with Crippen LogP contribution in [0.1, 0.15) is 24.2 Å². The summed E-state index contributed by atoms with van der Waals surface area (Å²) in [4.78, 5) is 25.3. The minimum Gasteiger partial charge on any atom is -0.478 e. The van der Waals surface area contributed by atoms with E-state index in [0.29, 0.717) is 30.6 Å². The van der Waals surface area contributed by atoms with Gasteiger partial charge >= 0.3 is 5.97 Å². The lowest BCUT2D eigenvalue weighted by atomic mass is 9.89. The number of nitrogens with one attached hydrogen (secondary N) is 1. The number of carbonyl (C=O) groups excluding carboxylic acids is 1. The van der Waals surface area contributed by atoms with E-state index in [-0.39, 0.29) is 11.5 Å². The zero-order valence-electron chi connectivity index (χ0n) is 11.3. The second-order valence-electron chi connectivity index (χ2n) is 5.57. The van der Waals surface area contributed by atoms with Gasteiger partial charge in [-0.25, -0.2) is 4.79 Å². The Kier molecular flexibility index (Phi) is 2.72. The van der Waals surface area contributed by atoms with E-state index < -0.39 is 11.6 Å². The van der Waals surface area contributed by atoms with Crippen molar-refractivity contribution in [2.45, 2.75) is 25.5 Å². The van der Waals surface area contributed by atoms with Crippen molar-refractivity contribution in [3.63, 3.8) is 0 Å². The highest BCUT2D eigenvalue weighted by Crippen LogP contribution is 2.39. The normalized spacial score (nSPS) is 20.1. The Morgan fingerprint density at radius 2 is 2.15 bits per heavy atom. The summed E-state index contributed by atoms with van der Waals surface area (Å²) >= 11 is 0. The fourth-order valence-electron chi connectivity index (χ4n) is 2.53. The zero-order chi connectivity index (χ0) is 14.5. The number of nitrogens with zero attached hydrogens (tertiary/aromatic N) is 1. The minimum atomic E-state index is -1.03. The molecule has 1 spiro atoms. The van der Waals surface area contributed by atoms with Crippen LogP contribution in [0, 0.1) is 0 Å². The van der Waals surface area contributed by atoms with Crippen LogP contribution in [-0.2, 0) is 4.79 Å². The van der Waals surface area contributed by atoms with Gasteiger partial charge in [0.1, 0.15) is 5.75 Å². The minimum absolute atomic E-state index is 0.126. The second kappa shape index (κ2) is 4.21. The molecule has 2 aliphatic heterocycles. The number of hydrogen-bond acceptors (Lipinski definition) is 4. The summed E-state index contributed by atoms with van der Waals surface area (Å²) in [7, 11) is 0. The molecule has 0 aliphatic carbocycles. The highest BCUT2D eigenvalue weighted by atomic mass is 16.5. The average molecular weight is 276 g/mol. The van der Waals surface area contributed by atoms with Gasteiger partial charge in [0, 0.05) is 19.1 Å². The molecule has 0 saturated carbocycles. The van der Waals surface area contributed by atoms with Crippen LogP contribution >= 0.6 is 0 Å². The highest BCUT2D eigenvalue weighted by Gasteiger charge is 2.54. The van der Waals surface area contributed by atoms with Crippen LogP contribution in [0.25, 0.3) is 0 Å². The molecule has 1 amide bonds. The number of aromatic carboxylic acids is 1. The molecule has 1 fully saturated rings. The summed E-state index contributed by atoms with van der Waals surface area (Å²) in [6, 6.07) is 4.86. The topological polar surface area (TPSA) is 78.9 Å². The van der Waals surface area contributed by atoms with Crippen LogP contribution in [0.3, 0.4) is 0 Å². The first kappa shape index (κ1) is 12.9. The molecule has 0 aromatic heterocycles. The highest BCUT2D eigenvalue weighted by molar-refractivity contribution is 6.03. The number of rotatable bonds is 2. The first-order chi connectivity index (χ1) is 9.41. The lowest BCUT2D eigenvalue weighted by Crippen LogP contribution is -2.72. The van der Waals surface area contributed by atoms with Gasteiger partial charge in [-0.05, 0) is 32.0 Å². The van der Waals surface area contributed by atoms with Crippen LogP contribution < -0.4 is 10.1 Å². The van der Waals surface area contributed by atoms with Crippen LogP contribution in [0.5, 0.6) is 5.75 Å². The molecule has 0 atom stereocenters. The van der Waals surface area contributed by atoms with Crippen molar-refractivity contribution < 1.29 is 19.4 Å². The van der Waals surface area contributed by atoms with Crippen LogP contribution in [-0.4, -0.2) is 46.6 Å². The summed E-state index contributed by atoms with van der Waals surface area (Å²) < 4.78 is 5.84. The Hall–Kier alpha value is -2.08. The maximum absolute atomic E-state index is 12.2. The number of carboxylic acids is 1. The van der Waals surface area contributed by atoms with E-state index >= 15 is 0 Å². The standard InChI is InChI=1S/C14H16N2O4/c1-8(2)16-6-14(7-16)13(19)15-10-5-9(12(17)18)3-4-11(10)20-14/h3-5,8H,6-7H2,1-2H3,(H,15,19)(H,17,18). The number of benzene rings is 1. The van der Waals surface area contributed by atoms with Gasteiger partial charge in [0.2, 0.25) is 5.60 Å². The Morgan fingerprint density at radius 1 is 1.45 bits per heavy atom. The molecule has 0 radical (unpaired) electrons. The van der Waals surface area contributed by atoms with Gasteiger partial charge in [0.05, 0.1) is 11.3 Å². The summed E-state index contributed by atoms with van der Waals surface area (Å²) in [5.74, 6) is -0.709. The molecule has 0 unspecified atom stereocenters. The molecule has 0 bridgehead atoms. The fraction of sp³-hybridized carbons (Fsp3) is 0.429. The predicted octanol–water partition coefficient (Wildman–Crippen LogP) is 1.18. The number of amides is 1. The van der Waals surface area contributed by atoms with Crippen molar-refractivity contribution >= 4 is 17.6 Å². The molecule has 1 aromatic rings. The largest absolute Gasteiger partial charge is 0.478 e. The number of carboxylic acid groups (broad SMARTS) is 1. The number of ether oxygens (including phenoxy) is 1. The van der Waals surface area contributed by atoms with E-state index in [1.54, 1.807) is 6.07 Å². The molecule has 6 heteroatoms. The molecular formula is C14H16N2O4. The third-order valence-electron chi connectivity index (χ3n) is 3.84. The lowest BCUT2D eigenvalue weighted by molar-refractivity contribution is -0.152. The molecule has 2 aliphatic rings. The molecule has 2 N–H and O–H groups in total. The van der Waals surface area contributed by atoms with Crippen molar-refractivity contribution in [1.82, 2.24) is 4.90 Å². The number of carbonyl (C=O) groups is 2. The van der Waals surface area contributed by atoms with E-state index in [9.17, 15) is 9.59 Å². The van der Waals surface area contributed by atoms with Gasteiger partial charge in [-0.15, -0.1) is 0 Å². The maximum atomic E-state index is 12.2. The number of likely N-dealkylation sites (tertiary alicyclic amines) is 1. The Bertz CT molecular complexity index is 591. The van der Waals surface area contributed by atoms with Crippen molar-refractivity contribution in [3.8, 4) is 5.75 Å². The Labute approximate surface area is 116 Å². The smallest absolute Gasteiger partial charge is 0.335 e. The average Bonchev–Trinajstić information content (AvgIpc) is 2.34. The summed E-state index contributed by atoms with van der Waals surface area (Å²) in [5, 5.41) is 11.7. The number of fused-ring (bicyclic) bond motifs is 1. The Morgan fingerprint density at radius 3 is 2.75 bits per heavy atom. The van der Waals surface area contributed by atoms with Crippen LogP contribution in [0.2, 0.25) is 0 Å². The quantitative estimate of drug-likeness (QED) is 0.848. The number of hydrogen-bond donors (Lipinski definition) is 2. The van der Waals surface area contributed by atoms with E-state index in [0.717, 1.165) is 0 Å². The van der Waals surface area contributed by atoms with Crippen LogP contribution in [0.4, 0.5) is 5.69 Å². The molecule has 2 heterocycles. The SMILES string of the molecule is CC(C)N1CC2(C1)Oc1ccc(C(=O)O)cc1NC2=O. The molecule has 20 heavy (non-hydrogen) atoms. The van der Waals surface area contributed by atoms with Crippen LogP contribution in [0.15, 0.2) is 18.2 Å². The van der Waals surface area contributed by atoms with Gasteiger partial charge in [0.15, 0.2) is 0 Å². The van der Waals surface area contributed by atoms with Gasteiger partial charge < -0.3 is 15.2 Å². The van der Waals surface area contributed by atoms with Gasteiger partial charge in [-0.1, -0.05) is 0 Å². The number of anilines is 1. The van der Waals surface area contributed by atoms with Gasteiger partial charge in [-0.2, -0.15) is 0 Å². The van der Waals surface area contributed by atoms with Crippen molar-refractivity contribution in [2.75, 3.05) is 18.4 Å². The van der Waals surface area contributed by atoms with Crippen molar-refractivity contribution in [3.05, 3.63) is 23.8 Å². The third kappa shape index (κ3) is 1.84. The van der Waals surface area contributed by atoms with E-state index in [1.165, 1.54) is 12.1 Å². The van der Waals surface area contributed by atoms with Gasteiger partial charge in [-0.3, -0.25) is 9.69 Å². The summed E-state index contributed by atoms with van der Waals surface area (Å²) in [6.45, 7) is 5.24. The maximum Gasteiger partial charge on any atom is 0.335 e. The first-order valence-corrected chi connectivity index (χ1v) is 6.53. The molecule has 1 aromatic carbocycles. The van der Waals surface area contributed by atoms with Crippen molar-refractivity contribution in [1.29, 1.82) is 0 Å². The van der Waals surface area contributed by atoms with Crippen molar-refractivity contribution in [2.24, 2.45) is 0 Å². The summed E-state index contributed by atoms with van der Waals surface area (Å²) in [5.41, 5.74) is -0.285. The second-order valence-corrected chi connectivity index (χ2v) is 5.57. The molecule has 6 nitrogen and oxygen atoms in total. The van der Waals surface area contributed by atoms with E-state index in [1.807, 2.05) is 0 Å². The fourth-order valence-corrected chi connectivity index (χ4v) is 2.53. The van der Waals surface area contributed by atoms with E-state index in [4.69, 9.17) is 9.84 Å². The first-order valence-electron chi connectivity index (χ1n) is 6.53. The lowest BCUT2D eigenvalue weighted by Gasteiger charge is -2.51. The van der Waals surface area contributed by atoms with E-state index in [2.05, 4.69) is 24.1 Å². The molecule has 3 rings (SSSR count). The molecule has 106 valence electrons. The third-order valence-corrected chi connectivity index (χ3v) is 3.84. The molecule has 1 saturated heterocycles. The Balaban J connectivity index is 1.86. The van der Waals surface area contributed by atoms with Gasteiger partial charge in [0.25, 0.3) is 5.91 Å². The zero-order valence-corrected chi connectivity index (χ0v) is 11.3. The predicted molar refractivity (Wildman–Crippen MR) is 72.1 cm³/mol.